The number of benzene rings is 1. The molecule has 0 fully saturated rings. The number of carbonyl (C=O) groups is 1. The van der Waals surface area contributed by atoms with Crippen molar-refractivity contribution >= 4 is 17.5 Å². The van der Waals surface area contributed by atoms with Crippen LogP contribution >= 0.6 is 11.6 Å². The zero-order chi connectivity index (χ0) is 12.7. The number of rotatable bonds is 5. The van der Waals surface area contributed by atoms with E-state index in [9.17, 15) is 4.79 Å². The van der Waals surface area contributed by atoms with Crippen LogP contribution in [0.4, 0.5) is 0 Å². The number of likely N-dealkylation sites (N-methyl/N-ethyl adjacent to an activating group) is 1. The van der Waals surface area contributed by atoms with Gasteiger partial charge in [-0.05, 0) is 18.2 Å². The Morgan fingerprint density at radius 1 is 1.59 bits per heavy atom. The fourth-order valence-electron chi connectivity index (χ4n) is 1.15. The molecule has 0 aliphatic rings. The molecule has 0 aliphatic carbocycles. The van der Waals surface area contributed by atoms with Crippen LogP contribution in [-0.4, -0.2) is 31.0 Å². The molecule has 0 N–H and O–H groups in total. The molecule has 0 saturated carbocycles. The number of hydrogen-bond donors (Lipinski definition) is 0. The van der Waals surface area contributed by atoms with Crippen molar-refractivity contribution in [2.24, 2.45) is 0 Å². The Morgan fingerprint density at radius 3 is 3.00 bits per heavy atom. The second-order valence-corrected chi connectivity index (χ2v) is 3.91. The van der Waals surface area contributed by atoms with Crippen LogP contribution in [-0.2, 0) is 4.79 Å². The molecule has 0 bridgehead atoms. The summed E-state index contributed by atoms with van der Waals surface area (Å²) in [4.78, 5) is 13.0. The van der Waals surface area contributed by atoms with E-state index in [2.05, 4.69) is 0 Å². The van der Waals surface area contributed by atoms with Crippen LogP contribution in [0, 0.1) is 11.3 Å². The summed E-state index contributed by atoms with van der Waals surface area (Å²) in [6.45, 7) is 0.358. The van der Waals surface area contributed by atoms with Gasteiger partial charge in [-0.3, -0.25) is 4.79 Å². The molecule has 0 aliphatic heterocycles. The molecule has 1 rings (SSSR count). The fourth-order valence-corrected chi connectivity index (χ4v) is 1.33. The fraction of sp³-hybridized carbons (Fsp3) is 0.333. The summed E-state index contributed by atoms with van der Waals surface area (Å²) in [7, 11) is 1.64. The van der Waals surface area contributed by atoms with E-state index in [0.29, 0.717) is 23.7 Å². The van der Waals surface area contributed by atoms with E-state index in [1.54, 1.807) is 31.3 Å². The molecule has 0 saturated heterocycles. The smallest absolute Gasteiger partial charge is 0.260 e. The lowest BCUT2D eigenvalue weighted by atomic mass is 10.3. The molecule has 4 nitrogen and oxygen atoms in total. The molecule has 1 aromatic rings. The number of nitriles is 1. The summed E-state index contributed by atoms with van der Waals surface area (Å²) in [5.41, 5.74) is 0. The third kappa shape index (κ3) is 4.75. The second kappa shape index (κ2) is 6.77. The summed E-state index contributed by atoms with van der Waals surface area (Å²) in [5, 5.41) is 8.96. The van der Waals surface area contributed by atoms with Crippen molar-refractivity contribution in [3.63, 3.8) is 0 Å². The molecule has 90 valence electrons. The van der Waals surface area contributed by atoms with E-state index in [1.165, 1.54) is 4.90 Å². The van der Waals surface area contributed by atoms with Crippen molar-refractivity contribution in [3.8, 4) is 11.8 Å². The lowest BCUT2D eigenvalue weighted by Gasteiger charge is -2.15. The SMILES string of the molecule is CN(CCC#N)C(=O)COc1cccc(Cl)c1. The third-order valence-electron chi connectivity index (χ3n) is 2.14. The Labute approximate surface area is 105 Å². The van der Waals surface area contributed by atoms with Crippen LogP contribution in [0.1, 0.15) is 6.42 Å². The standard InChI is InChI=1S/C12H13ClN2O2/c1-15(7-3-6-14)12(16)9-17-11-5-2-4-10(13)8-11/h2,4-5,8H,3,7,9H2,1H3. The number of hydrogen-bond acceptors (Lipinski definition) is 3. The van der Waals surface area contributed by atoms with Crippen LogP contribution in [0.15, 0.2) is 24.3 Å². The average molecular weight is 253 g/mol. The first-order valence-electron chi connectivity index (χ1n) is 5.13. The van der Waals surface area contributed by atoms with Gasteiger partial charge in [0, 0.05) is 18.6 Å². The molecule has 1 amide bonds. The molecular formula is C12H13ClN2O2. The topological polar surface area (TPSA) is 53.3 Å². The Kier molecular flexibility index (Phi) is 5.31. The van der Waals surface area contributed by atoms with Gasteiger partial charge in [-0.15, -0.1) is 0 Å². The number of nitrogens with zero attached hydrogens (tertiary/aromatic N) is 2. The number of amides is 1. The van der Waals surface area contributed by atoms with Crippen LogP contribution in [0.3, 0.4) is 0 Å². The first-order valence-corrected chi connectivity index (χ1v) is 5.50. The molecule has 0 spiro atoms. The zero-order valence-electron chi connectivity index (χ0n) is 9.52. The molecule has 0 unspecified atom stereocenters. The minimum Gasteiger partial charge on any atom is -0.484 e. The molecular weight excluding hydrogens is 240 g/mol. The van der Waals surface area contributed by atoms with E-state index in [4.69, 9.17) is 21.6 Å². The van der Waals surface area contributed by atoms with Crippen LogP contribution in [0.5, 0.6) is 5.75 Å². The Hall–Kier alpha value is -1.73. The van der Waals surface area contributed by atoms with E-state index >= 15 is 0 Å². The van der Waals surface area contributed by atoms with Gasteiger partial charge in [-0.1, -0.05) is 17.7 Å². The van der Waals surface area contributed by atoms with E-state index < -0.39 is 0 Å². The predicted molar refractivity (Wildman–Crippen MR) is 64.8 cm³/mol. The van der Waals surface area contributed by atoms with Gasteiger partial charge in [-0.25, -0.2) is 0 Å². The van der Waals surface area contributed by atoms with Crippen LogP contribution in [0.25, 0.3) is 0 Å². The normalized spacial score (nSPS) is 9.47. The van der Waals surface area contributed by atoms with Crippen LogP contribution in [0.2, 0.25) is 5.02 Å². The molecule has 0 atom stereocenters. The average Bonchev–Trinajstić information content (AvgIpc) is 2.33. The van der Waals surface area contributed by atoms with Crippen molar-refractivity contribution in [3.05, 3.63) is 29.3 Å². The molecule has 5 heteroatoms. The van der Waals surface area contributed by atoms with Crippen molar-refractivity contribution < 1.29 is 9.53 Å². The number of carbonyl (C=O) groups excluding carboxylic acids is 1. The van der Waals surface area contributed by atoms with Crippen molar-refractivity contribution in [2.75, 3.05) is 20.2 Å². The highest BCUT2D eigenvalue weighted by atomic mass is 35.5. The van der Waals surface area contributed by atoms with Gasteiger partial charge in [0.15, 0.2) is 6.61 Å². The number of halogens is 1. The van der Waals surface area contributed by atoms with Gasteiger partial charge in [0.2, 0.25) is 0 Å². The van der Waals surface area contributed by atoms with Gasteiger partial charge in [0.05, 0.1) is 12.5 Å². The molecule has 0 radical (unpaired) electrons. The minimum atomic E-state index is -0.166. The van der Waals surface area contributed by atoms with Crippen molar-refractivity contribution in [1.82, 2.24) is 4.90 Å². The first kappa shape index (κ1) is 13.3. The highest BCUT2D eigenvalue weighted by Gasteiger charge is 2.08. The second-order valence-electron chi connectivity index (χ2n) is 3.47. The van der Waals surface area contributed by atoms with Gasteiger partial charge in [0.25, 0.3) is 5.91 Å². The summed E-state index contributed by atoms with van der Waals surface area (Å²) >= 11 is 5.78. The van der Waals surface area contributed by atoms with Gasteiger partial charge >= 0.3 is 0 Å². The Morgan fingerprint density at radius 2 is 2.35 bits per heavy atom. The van der Waals surface area contributed by atoms with E-state index in [1.807, 2.05) is 6.07 Å². The summed E-state index contributed by atoms with van der Waals surface area (Å²) in [5.74, 6) is 0.389. The third-order valence-corrected chi connectivity index (χ3v) is 2.38. The monoisotopic (exact) mass is 252 g/mol. The lowest BCUT2D eigenvalue weighted by molar-refractivity contribution is -0.131. The summed E-state index contributed by atoms with van der Waals surface area (Å²) < 4.78 is 5.29. The van der Waals surface area contributed by atoms with E-state index in [-0.39, 0.29) is 12.5 Å². The maximum Gasteiger partial charge on any atom is 0.260 e. The van der Waals surface area contributed by atoms with Crippen LogP contribution < -0.4 is 4.74 Å². The molecule has 0 aromatic heterocycles. The van der Waals surface area contributed by atoms with E-state index in [0.717, 1.165) is 0 Å². The van der Waals surface area contributed by atoms with Crippen molar-refractivity contribution in [2.45, 2.75) is 6.42 Å². The predicted octanol–water partition coefficient (Wildman–Crippen LogP) is 2.09. The zero-order valence-corrected chi connectivity index (χ0v) is 10.3. The highest BCUT2D eigenvalue weighted by molar-refractivity contribution is 6.30. The van der Waals surface area contributed by atoms with Gasteiger partial charge in [0.1, 0.15) is 5.75 Å². The Balaban J connectivity index is 2.40. The maximum absolute atomic E-state index is 11.6. The van der Waals surface area contributed by atoms with Gasteiger partial charge < -0.3 is 9.64 Å². The molecule has 1 aromatic carbocycles. The highest BCUT2D eigenvalue weighted by Crippen LogP contribution is 2.16. The number of ether oxygens (including phenoxy) is 1. The maximum atomic E-state index is 11.6. The largest absolute Gasteiger partial charge is 0.484 e. The molecule has 0 heterocycles. The first-order chi connectivity index (χ1) is 8.13. The quantitative estimate of drug-likeness (QED) is 0.806. The Bertz CT molecular complexity index is 429. The lowest BCUT2D eigenvalue weighted by Crippen LogP contribution is -2.32. The van der Waals surface area contributed by atoms with Crippen molar-refractivity contribution in [1.29, 1.82) is 5.26 Å². The summed E-state index contributed by atoms with van der Waals surface area (Å²) in [6.07, 6.45) is 0.319. The van der Waals surface area contributed by atoms with Gasteiger partial charge in [-0.2, -0.15) is 5.26 Å². The molecule has 17 heavy (non-hydrogen) atoms. The minimum absolute atomic E-state index is 0.0533. The summed E-state index contributed by atoms with van der Waals surface area (Å²) in [6, 6.07) is 8.84.